The Labute approximate surface area is 257 Å². The molecule has 43 heavy (non-hydrogen) atoms. The van der Waals surface area contributed by atoms with Crippen LogP contribution >= 0.6 is 0 Å². The summed E-state index contributed by atoms with van der Waals surface area (Å²) in [5, 5.41) is 15.9. The molecule has 0 saturated carbocycles. The van der Waals surface area contributed by atoms with Gasteiger partial charge in [0.25, 0.3) is 11.8 Å². The lowest BCUT2D eigenvalue weighted by molar-refractivity contribution is 0.0916. The van der Waals surface area contributed by atoms with Gasteiger partial charge in [0.15, 0.2) is 0 Å². The molecule has 1 aliphatic heterocycles. The number of rotatable bonds is 8. The van der Waals surface area contributed by atoms with E-state index in [1.807, 2.05) is 63.3 Å². The highest BCUT2D eigenvalue weighted by Gasteiger charge is 2.29. The van der Waals surface area contributed by atoms with E-state index in [1.165, 1.54) is 20.0 Å². The van der Waals surface area contributed by atoms with Gasteiger partial charge in [0.05, 0.1) is 18.2 Å². The van der Waals surface area contributed by atoms with E-state index < -0.39 is 0 Å². The molecule has 2 N–H and O–H groups in total. The van der Waals surface area contributed by atoms with Crippen molar-refractivity contribution in [1.82, 2.24) is 15.5 Å². The van der Waals surface area contributed by atoms with Crippen molar-refractivity contribution in [2.45, 2.75) is 78.7 Å². The molecule has 2 aromatic carbocycles. The highest BCUT2D eigenvalue weighted by Crippen LogP contribution is 2.42. The molecule has 2 aliphatic rings. The summed E-state index contributed by atoms with van der Waals surface area (Å²) in [5.41, 5.74) is 4.55. The van der Waals surface area contributed by atoms with Gasteiger partial charge in [0, 0.05) is 23.8 Å². The van der Waals surface area contributed by atoms with E-state index in [0.717, 1.165) is 42.6 Å². The molecule has 4 rings (SSSR count). The Hall–Kier alpha value is -3.89. The summed E-state index contributed by atoms with van der Waals surface area (Å²) in [7, 11) is 1.48. The molecule has 228 valence electrons. The third kappa shape index (κ3) is 7.37. The molecular formula is C36H46N4O3. The van der Waals surface area contributed by atoms with Gasteiger partial charge in [0.1, 0.15) is 11.8 Å². The Balaban J connectivity index is 1.52. The summed E-state index contributed by atoms with van der Waals surface area (Å²) in [6.07, 6.45) is 8.33. The Bertz CT molecular complexity index is 1460. The quantitative estimate of drug-likeness (QED) is 0.366. The fourth-order valence-electron chi connectivity index (χ4n) is 6.00. The van der Waals surface area contributed by atoms with Crippen molar-refractivity contribution >= 4 is 17.4 Å². The number of hydrogen-bond acceptors (Lipinski definition) is 5. The first-order valence-corrected chi connectivity index (χ1v) is 15.4. The number of nitrogens with one attached hydrogen (secondary N) is 2. The number of methoxy groups -OCH3 is 1. The first kappa shape index (κ1) is 32.0. The van der Waals surface area contributed by atoms with E-state index in [9.17, 15) is 14.9 Å². The van der Waals surface area contributed by atoms with Gasteiger partial charge in [-0.2, -0.15) is 5.26 Å². The van der Waals surface area contributed by atoms with E-state index in [2.05, 4.69) is 42.4 Å². The number of benzene rings is 2. The zero-order valence-electron chi connectivity index (χ0n) is 26.8. The zero-order valence-corrected chi connectivity index (χ0v) is 26.8. The first-order chi connectivity index (χ1) is 20.4. The van der Waals surface area contributed by atoms with E-state index >= 15 is 0 Å². The first-order valence-electron chi connectivity index (χ1n) is 15.4. The fourth-order valence-corrected chi connectivity index (χ4v) is 6.00. The maximum absolute atomic E-state index is 13.6. The lowest BCUT2D eigenvalue weighted by atomic mass is 9.74. The molecule has 7 nitrogen and oxygen atoms in total. The van der Waals surface area contributed by atoms with Crippen LogP contribution in [-0.2, 0) is 5.41 Å². The van der Waals surface area contributed by atoms with Crippen LogP contribution in [-0.4, -0.2) is 49.5 Å². The second kappa shape index (κ2) is 13.2. The van der Waals surface area contributed by atoms with E-state index in [4.69, 9.17) is 4.74 Å². The van der Waals surface area contributed by atoms with E-state index in [1.54, 1.807) is 6.07 Å². The predicted molar refractivity (Wildman–Crippen MR) is 172 cm³/mol. The third-order valence-electron chi connectivity index (χ3n) is 8.75. The minimum Gasteiger partial charge on any atom is -0.495 e. The molecule has 2 amide bonds. The highest BCUT2D eigenvalue weighted by molar-refractivity contribution is 5.99. The lowest BCUT2D eigenvalue weighted by Crippen LogP contribution is -2.46. The van der Waals surface area contributed by atoms with Gasteiger partial charge in [-0.05, 0) is 90.2 Å². The zero-order chi connectivity index (χ0) is 31.4. The summed E-state index contributed by atoms with van der Waals surface area (Å²) in [5.74, 6) is -0.109. The van der Waals surface area contributed by atoms with Gasteiger partial charge >= 0.3 is 0 Å². The minimum atomic E-state index is -0.326. The maximum atomic E-state index is 13.6. The van der Waals surface area contributed by atoms with Crippen molar-refractivity contribution < 1.29 is 14.3 Å². The molecule has 7 heteroatoms. The highest BCUT2D eigenvalue weighted by atomic mass is 16.5. The SMILES string of the molecule is CCN1CCCC[C@@H]1CNC(=O)c1ccc(C2=CC(NC(=O)c3cc(C(C)(C)C)cc(C#N)c3OC)=CCC2(C)C)cc1. The van der Waals surface area contributed by atoms with Crippen LogP contribution in [0.3, 0.4) is 0 Å². The molecule has 0 bridgehead atoms. The molecule has 0 radical (unpaired) electrons. The number of nitriles is 1. The van der Waals surface area contributed by atoms with Crippen LogP contribution in [0.1, 0.15) is 105 Å². The van der Waals surface area contributed by atoms with Gasteiger partial charge in [0.2, 0.25) is 0 Å². The van der Waals surface area contributed by atoms with Crippen LogP contribution in [0.25, 0.3) is 5.57 Å². The van der Waals surface area contributed by atoms with E-state index in [0.29, 0.717) is 35.0 Å². The Morgan fingerprint density at radius 3 is 2.47 bits per heavy atom. The summed E-state index contributed by atoms with van der Waals surface area (Å²) in [6.45, 7) is 15.4. The van der Waals surface area contributed by atoms with Gasteiger partial charge < -0.3 is 15.4 Å². The van der Waals surface area contributed by atoms with Crippen LogP contribution < -0.4 is 15.4 Å². The number of piperidine rings is 1. The Kier molecular flexibility index (Phi) is 9.82. The number of carbonyl (C=O) groups excluding carboxylic acids is 2. The number of likely N-dealkylation sites (tertiary alicyclic amines) is 1. The molecule has 1 aliphatic carbocycles. The standard InChI is InChI=1S/C36H46N4O3/c1-8-40-18-10-9-11-29(40)23-38-33(41)25-14-12-24(13-15-25)31-21-28(16-17-36(31,5)6)39-34(42)30-20-27(35(2,3)4)19-26(22-37)32(30)43-7/h12-16,19-21,29H,8-11,17-18,23H2,1-7H3,(H,38,41)(H,39,42)/t29-/m1/s1. The Morgan fingerprint density at radius 2 is 1.84 bits per heavy atom. The van der Waals surface area contributed by atoms with Crippen molar-refractivity contribution in [1.29, 1.82) is 5.26 Å². The summed E-state index contributed by atoms with van der Waals surface area (Å²) in [6, 6.07) is 13.9. The minimum absolute atomic E-state index is 0.0546. The van der Waals surface area contributed by atoms with Crippen LogP contribution in [0.15, 0.2) is 54.2 Å². The topological polar surface area (TPSA) is 94.5 Å². The average Bonchev–Trinajstić information content (AvgIpc) is 2.99. The molecule has 1 heterocycles. The molecular weight excluding hydrogens is 536 g/mol. The molecule has 0 spiro atoms. The monoisotopic (exact) mass is 582 g/mol. The van der Waals surface area contributed by atoms with E-state index in [-0.39, 0.29) is 28.4 Å². The Morgan fingerprint density at radius 1 is 1.12 bits per heavy atom. The summed E-state index contributed by atoms with van der Waals surface area (Å²) < 4.78 is 5.51. The number of allylic oxidation sites excluding steroid dienone is 3. The average molecular weight is 583 g/mol. The normalized spacial score (nSPS) is 18.6. The number of likely N-dealkylation sites (N-methyl/N-ethyl adjacent to an activating group) is 1. The van der Waals surface area contributed by atoms with Crippen molar-refractivity contribution in [3.63, 3.8) is 0 Å². The summed E-state index contributed by atoms with van der Waals surface area (Å²) >= 11 is 0. The van der Waals surface area contributed by atoms with Crippen molar-refractivity contribution in [2.75, 3.05) is 26.7 Å². The number of hydrogen-bond donors (Lipinski definition) is 2. The molecule has 2 aromatic rings. The maximum Gasteiger partial charge on any atom is 0.259 e. The van der Waals surface area contributed by atoms with Gasteiger partial charge in [-0.15, -0.1) is 0 Å². The molecule has 1 atom stereocenters. The van der Waals surface area contributed by atoms with Gasteiger partial charge in [-0.25, -0.2) is 0 Å². The predicted octanol–water partition coefficient (Wildman–Crippen LogP) is 6.60. The number of nitrogens with zero attached hydrogens (tertiary/aromatic N) is 2. The van der Waals surface area contributed by atoms with Crippen LogP contribution in [0.2, 0.25) is 0 Å². The van der Waals surface area contributed by atoms with Crippen LogP contribution in [0.5, 0.6) is 5.75 Å². The smallest absolute Gasteiger partial charge is 0.259 e. The second-order valence-corrected chi connectivity index (χ2v) is 13.3. The second-order valence-electron chi connectivity index (χ2n) is 13.3. The largest absolute Gasteiger partial charge is 0.495 e. The number of amides is 2. The fraction of sp³-hybridized carbons (Fsp3) is 0.472. The number of ether oxygens (including phenoxy) is 1. The summed E-state index contributed by atoms with van der Waals surface area (Å²) in [4.78, 5) is 29.0. The van der Waals surface area contributed by atoms with Crippen molar-refractivity contribution in [3.05, 3.63) is 82.1 Å². The van der Waals surface area contributed by atoms with Crippen molar-refractivity contribution in [2.24, 2.45) is 5.41 Å². The third-order valence-corrected chi connectivity index (χ3v) is 8.75. The molecule has 1 fully saturated rings. The van der Waals surface area contributed by atoms with Gasteiger partial charge in [-0.3, -0.25) is 14.5 Å². The molecule has 0 aromatic heterocycles. The van der Waals surface area contributed by atoms with Crippen LogP contribution in [0, 0.1) is 16.7 Å². The van der Waals surface area contributed by atoms with Gasteiger partial charge in [-0.1, -0.05) is 66.2 Å². The molecule has 0 unspecified atom stereocenters. The number of carbonyl (C=O) groups is 2. The van der Waals surface area contributed by atoms with Crippen molar-refractivity contribution in [3.8, 4) is 11.8 Å². The lowest BCUT2D eigenvalue weighted by Gasteiger charge is -2.34. The molecule has 1 saturated heterocycles. The van der Waals surface area contributed by atoms with Crippen LogP contribution in [0.4, 0.5) is 0 Å².